The van der Waals surface area contributed by atoms with Crippen molar-refractivity contribution in [1.82, 2.24) is 14.8 Å². The largest absolute Gasteiger partial charge is 0.443 e. The van der Waals surface area contributed by atoms with Crippen LogP contribution in [0.3, 0.4) is 0 Å². The van der Waals surface area contributed by atoms with Gasteiger partial charge in [-0.25, -0.2) is 4.98 Å². The monoisotopic (exact) mass is 401 g/mol. The second-order valence-corrected chi connectivity index (χ2v) is 7.92. The quantitative estimate of drug-likeness (QED) is 0.767. The number of hydrogen-bond donors (Lipinski definition) is 0. The summed E-state index contributed by atoms with van der Waals surface area (Å²) in [6, 6.07) is 7.49. The van der Waals surface area contributed by atoms with Gasteiger partial charge in [0.15, 0.2) is 0 Å². The average Bonchev–Trinajstić information content (AvgIpc) is 3.33. The Labute approximate surface area is 169 Å². The van der Waals surface area contributed by atoms with Gasteiger partial charge in [-0.3, -0.25) is 9.59 Å². The molecule has 0 aliphatic carbocycles. The van der Waals surface area contributed by atoms with Gasteiger partial charge in [-0.1, -0.05) is 23.7 Å². The molecule has 7 heteroatoms. The maximum Gasteiger partial charge on any atom is 0.242 e. The zero-order chi connectivity index (χ0) is 19.5. The van der Waals surface area contributed by atoms with E-state index >= 15 is 0 Å². The summed E-state index contributed by atoms with van der Waals surface area (Å²) in [5.41, 5.74) is 1.09. The van der Waals surface area contributed by atoms with Crippen LogP contribution in [0.5, 0.6) is 0 Å². The first-order valence-corrected chi connectivity index (χ1v) is 10.2. The molecule has 0 spiro atoms. The first-order chi connectivity index (χ1) is 13.6. The average molecular weight is 402 g/mol. The molecular weight excluding hydrogens is 378 g/mol. The minimum atomic E-state index is -0.155. The van der Waals surface area contributed by atoms with Gasteiger partial charge in [-0.05, 0) is 43.4 Å². The minimum absolute atomic E-state index is 0.0163. The third-order valence-corrected chi connectivity index (χ3v) is 5.72. The lowest BCUT2D eigenvalue weighted by atomic mass is 10.0. The molecule has 4 rings (SSSR count). The summed E-state index contributed by atoms with van der Waals surface area (Å²) in [6.07, 6.45) is 6.59. The lowest BCUT2D eigenvalue weighted by molar-refractivity contribution is -0.141. The van der Waals surface area contributed by atoms with E-state index in [0.717, 1.165) is 37.0 Å². The van der Waals surface area contributed by atoms with E-state index in [1.807, 2.05) is 29.2 Å². The predicted octanol–water partition coefficient (Wildman–Crippen LogP) is 3.59. The number of hydrogen-bond acceptors (Lipinski definition) is 4. The highest BCUT2D eigenvalue weighted by atomic mass is 35.5. The highest BCUT2D eigenvalue weighted by Crippen LogP contribution is 2.31. The molecule has 2 aromatic rings. The predicted molar refractivity (Wildman–Crippen MR) is 105 cm³/mol. The van der Waals surface area contributed by atoms with Gasteiger partial charge >= 0.3 is 0 Å². The van der Waals surface area contributed by atoms with E-state index in [1.165, 1.54) is 0 Å². The van der Waals surface area contributed by atoms with Crippen molar-refractivity contribution >= 4 is 23.4 Å². The maximum atomic E-state index is 12.9. The lowest BCUT2D eigenvalue weighted by Gasteiger charge is -2.34. The fourth-order valence-corrected chi connectivity index (χ4v) is 4.10. The molecule has 2 saturated heterocycles. The number of aromatic nitrogens is 1. The Kier molecular flexibility index (Phi) is 5.67. The molecule has 0 saturated carbocycles. The fraction of sp³-hybridized carbons (Fsp3) is 0.476. The molecule has 148 valence electrons. The second-order valence-electron chi connectivity index (χ2n) is 7.49. The Morgan fingerprint density at radius 1 is 1.18 bits per heavy atom. The number of halogens is 1. The van der Waals surface area contributed by atoms with E-state index in [2.05, 4.69) is 4.98 Å². The van der Waals surface area contributed by atoms with Gasteiger partial charge in [-0.15, -0.1) is 0 Å². The van der Waals surface area contributed by atoms with Gasteiger partial charge < -0.3 is 14.2 Å². The third-order valence-electron chi connectivity index (χ3n) is 5.47. The number of carbonyl (C=O) groups is 2. The van der Waals surface area contributed by atoms with E-state index < -0.39 is 0 Å². The lowest BCUT2D eigenvalue weighted by Crippen LogP contribution is -2.44. The summed E-state index contributed by atoms with van der Waals surface area (Å²) in [4.78, 5) is 32.7. The molecule has 2 fully saturated rings. The standard InChI is InChI=1S/C21H24ClN3O3/c22-16-8-6-15(7-9-16)12-17-13-23-21(28-17)18-4-1-2-11-25(18)20(27)14-24-10-3-5-19(24)26/h6-9,13,18H,1-5,10-12,14H2/t18-/m0/s1. The van der Waals surface area contributed by atoms with E-state index in [1.54, 1.807) is 11.1 Å². The minimum Gasteiger partial charge on any atom is -0.443 e. The van der Waals surface area contributed by atoms with Crippen molar-refractivity contribution in [3.63, 3.8) is 0 Å². The summed E-state index contributed by atoms with van der Waals surface area (Å²) in [5.74, 6) is 1.41. The number of amides is 2. The smallest absolute Gasteiger partial charge is 0.242 e. The van der Waals surface area contributed by atoms with E-state index in [0.29, 0.717) is 36.8 Å². The van der Waals surface area contributed by atoms with Gasteiger partial charge in [0.1, 0.15) is 11.8 Å². The summed E-state index contributed by atoms with van der Waals surface area (Å²) in [5, 5.41) is 0.704. The topological polar surface area (TPSA) is 66.7 Å². The molecule has 2 aliphatic heterocycles. The fourth-order valence-electron chi connectivity index (χ4n) is 3.97. The first kappa shape index (κ1) is 19.0. The highest BCUT2D eigenvalue weighted by molar-refractivity contribution is 6.30. The third kappa shape index (κ3) is 4.22. The first-order valence-electron chi connectivity index (χ1n) is 9.86. The Balaban J connectivity index is 1.45. The van der Waals surface area contributed by atoms with Crippen LogP contribution in [0, 0.1) is 0 Å². The molecule has 2 amide bonds. The summed E-state index contributed by atoms with van der Waals surface area (Å²) in [7, 11) is 0. The molecule has 6 nitrogen and oxygen atoms in total. The number of rotatable bonds is 5. The zero-order valence-corrected chi connectivity index (χ0v) is 16.5. The molecule has 28 heavy (non-hydrogen) atoms. The normalized spacial score (nSPS) is 20.0. The van der Waals surface area contributed by atoms with Crippen molar-refractivity contribution in [3.05, 3.63) is 52.7 Å². The van der Waals surface area contributed by atoms with Crippen molar-refractivity contribution in [2.75, 3.05) is 19.6 Å². The van der Waals surface area contributed by atoms with Crippen molar-refractivity contribution in [2.45, 2.75) is 44.6 Å². The van der Waals surface area contributed by atoms with Crippen molar-refractivity contribution in [2.24, 2.45) is 0 Å². The second kappa shape index (κ2) is 8.35. The Hall–Kier alpha value is -2.34. The highest BCUT2D eigenvalue weighted by Gasteiger charge is 2.33. The Morgan fingerprint density at radius 3 is 2.75 bits per heavy atom. The van der Waals surface area contributed by atoms with Crippen LogP contribution in [0.15, 0.2) is 34.9 Å². The molecule has 1 aromatic carbocycles. The van der Waals surface area contributed by atoms with Crippen LogP contribution in [0.4, 0.5) is 0 Å². The van der Waals surface area contributed by atoms with E-state index in [4.69, 9.17) is 16.0 Å². The molecule has 0 N–H and O–H groups in total. The van der Waals surface area contributed by atoms with Crippen LogP contribution in [-0.4, -0.2) is 46.2 Å². The molecular formula is C21H24ClN3O3. The van der Waals surface area contributed by atoms with Gasteiger partial charge in [0.05, 0.1) is 12.7 Å². The summed E-state index contributed by atoms with van der Waals surface area (Å²) >= 11 is 5.94. The zero-order valence-electron chi connectivity index (χ0n) is 15.8. The van der Waals surface area contributed by atoms with Crippen molar-refractivity contribution < 1.29 is 14.0 Å². The van der Waals surface area contributed by atoms with Crippen LogP contribution in [0.25, 0.3) is 0 Å². The summed E-state index contributed by atoms with van der Waals surface area (Å²) < 4.78 is 6.01. The van der Waals surface area contributed by atoms with Crippen LogP contribution < -0.4 is 0 Å². The maximum absolute atomic E-state index is 12.9. The number of oxazole rings is 1. The molecule has 0 bridgehead atoms. The van der Waals surface area contributed by atoms with Crippen molar-refractivity contribution in [1.29, 1.82) is 0 Å². The Bertz CT molecular complexity index is 849. The number of benzene rings is 1. The van der Waals surface area contributed by atoms with Gasteiger partial charge in [0.25, 0.3) is 0 Å². The number of piperidine rings is 1. The van der Waals surface area contributed by atoms with Gasteiger partial charge in [-0.2, -0.15) is 0 Å². The molecule has 0 unspecified atom stereocenters. The molecule has 3 heterocycles. The molecule has 1 atom stereocenters. The van der Waals surface area contributed by atoms with Gasteiger partial charge in [0, 0.05) is 31.0 Å². The van der Waals surface area contributed by atoms with Crippen LogP contribution >= 0.6 is 11.6 Å². The van der Waals surface area contributed by atoms with Crippen LogP contribution in [0.2, 0.25) is 5.02 Å². The van der Waals surface area contributed by atoms with E-state index in [-0.39, 0.29) is 24.4 Å². The molecule has 2 aliphatic rings. The SMILES string of the molecule is O=C1CCCN1CC(=O)N1CCCC[C@H]1c1ncc(Cc2ccc(Cl)cc2)o1. The number of likely N-dealkylation sites (tertiary alicyclic amines) is 2. The number of nitrogens with zero attached hydrogens (tertiary/aromatic N) is 3. The summed E-state index contributed by atoms with van der Waals surface area (Å²) in [6.45, 7) is 1.52. The van der Waals surface area contributed by atoms with Gasteiger partial charge in [0.2, 0.25) is 17.7 Å². The molecule has 0 radical (unpaired) electrons. The van der Waals surface area contributed by atoms with Crippen LogP contribution in [0.1, 0.15) is 55.4 Å². The number of carbonyl (C=O) groups excluding carboxylic acids is 2. The van der Waals surface area contributed by atoms with Crippen molar-refractivity contribution in [3.8, 4) is 0 Å². The van der Waals surface area contributed by atoms with E-state index in [9.17, 15) is 9.59 Å². The Morgan fingerprint density at radius 2 is 2.00 bits per heavy atom. The molecule has 1 aromatic heterocycles. The van der Waals surface area contributed by atoms with Crippen LogP contribution in [-0.2, 0) is 16.0 Å².